The van der Waals surface area contributed by atoms with Crippen molar-refractivity contribution in [3.8, 4) is 0 Å². The lowest BCUT2D eigenvalue weighted by molar-refractivity contribution is -0.130. The van der Waals surface area contributed by atoms with Gasteiger partial charge in [-0.25, -0.2) is 17.8 Å². The van der Waals surface area contributed by atoms with Crippen molar-refractivity contribution in [2.45, 2.75) is 31.1 Å². The summed E-state index contributed by atoms with van der Waals surface area (Å²) < 4.78 is 39.9. The number of aromatic nitrogens is 1. The summed E-state index contributed by atoms with van der Waals surface area (Å²) in [6, 6.07) is 4.82. The van der Waals surface area contributed by atoms with Crippen LogP contribution < -0.4 is 0 Å². The van der Waals surface area contributed by atoms with Crippen LogP contribution in [0.15, 0.2) is 34.5 Å². The SMILES string of the molecule is CCc1nc(CC(=O)N2CCCN(S(=O)(=O)c3ccc(F)cc3)CC2)cs1. The fourth-order valence-corrected chi connectivity index (χ4v) is 5.21. The van der Waals surface area contributed by atoms with Crippen LogP contribution in [0, 0.1) is 5.82 Å². The molecule has 2 heterocycles. The first-order valence-electron chi connectivity index (χ1n) is 8.87. The Bertz CT molecular complexity index is 897. The summed E-state index contributed by atoms with van der Waals surface area (Å²) in [6.45, 7) is 3.43. The molecule has 0 saturated carbocycles. The number of nitrogens with zero attached hydrogens (tertiary/aromatic N) is 3. The molecule has 9 heteroatoms. The van der Waals surface area contributed by atoms with Crippen LogP contribution in [0.4, 0.5) is 4.39 Å². The molecule has 0 radical (unpaired) electrons. The van der Waals surface area contributed by atoms with E-state index in [-0.39, 0.29) is 23.8 Å². The summed E-state index contributed by atoms with van der Waals surface area (Å²) in [4.78, 5) is 18.8. The molecule has 1 amide bonds. The van der Waals surface area contributed by atoms with E-state index < -0.39 is 15.8 Å². The van der Waals surface area contributed by atoms with E-state index in [0.717, 1.165) is 29.3 Å². The van der Waals surface area contributed by atoms with Gasteiger partial charge in [-0.05, 0) is 37.1 Å². The minimum atomic E-state index is -3.69. The highest BCUT2D eigenvalue weighted by atomic mass is 32.2. The molecule has 146 valence electrons. The number of amides is 1. The van der Waals surface area contributed by atoms with Crippen LogP contribution in [0.5, 0.6) is 0 Å². The maximum atomic E-state index is 13.1. The lowest BCUT2D eigenvalue weighted by Gasteiger charge is -2.22. The van der Waals surface area contributed by atoms with Gasteiger partial charge in [-0.2, -0.15) is 4.31 Å². The summed E-state index contributed by atoms with van der Waals surface area (Å²) in [5.74, 6) is -0.515. The third kappa shape index (κ3) is 4.72. The third-order valence-corrected chi connectivity index (χ3v) is 7.45. The Morgan fingerprint density at radius 2 is 1.93 bits per heavy atom. The zero-order chi connectivity index (χ0) is 19.4. The molecule has 1 aromatic carbocycles. The Labute approximate surface area is 162 Å². The van der Waals surface area contributed by atoms with E-state index in [1.54, 1.807) is 16.2 Å². The fraction of sp³-hybridized carbons (Fsp3) is 0.444. The first kappa shape index (κ1) is 19.9. The van der Waals surface area contributed by atoms with Gasteiger partial charge in [0.05, 0.1) is 22.0 Å². The van der Waals surface area contributed by atoms with Crippen LogP contribution in [0.2, 0.25) is 0 Å². The Hall–Kier alpha value is -1.84. The van der Waals surface area contributed by atoms with E-state index in [4.69, 9.17) is 0 Å². The molecule has 27 heavy (non-hydrogen) atoms. The lowest BCUT2D eigenvalue weighted by atomic mass is 10.3. The van der Waals surface area contributed by atoms with Gasteiger partial charge in [0.25, 0.3) is 0 Å². The number of thiazole rings is 1. The largest absolute Gasteiger partial charge is 0.341 e. The molecule has 0 unspecified atom stereocenters. The number of rotatable bonds is 5. The maximum absolute atomic E-state index is 13.1. The topological polar surface area (TPSA) is 70.6 Å². The monoisotopic (exact) mass is 411 g/mol. The normalized spacial score (nSPS) is 16.3. The van der Waals surface area contributed by atoms with Crippen molar-refractivity contribution in [3.05, 3.63) is 46.2 Å². The van der Waals surface area contributed by atoms with Gasteiger partial charge in [-0.1, -0.05) is 6.92 Å². The highest BCUT2D eigenvalue weighted by molar-refractivity contribution is 7.89. The molecule has 2 aromatic rings. The van der Waals surface area contributed by atoms with Gasteiger partial charge in [0, 0.05) is 31.6 Å². The van der Waals surface area contributed by atoms with Crippen LogP contribution >= 0.6 is 11.3 Å². The highest BCUT2D eigenvalue weighted by Gasteiger charge is 2.28. The molecular formula is C18H22FN3O3S2. The van der Waals surface area contributed by atoms with Gasteiger partial charge in [-0.15, -0.1) is 11.3 Å². The Morgan fingerprint density at radius 3 is 2.59 bits per heavy atom. The van der Waals surface area contributed by atoms with Crippen LogP contribution in [-0.4, -0.2) is 54.7 Å². The Morgan fingerprint density at radius 1 is 1.19 bits per heavy atom. The Kier molecular flexibility index (Phi) is 6.23. The molecule has 1 saturated heterocycles. The number of carbonyl (C=O) groups excluding carboxylic acids is 1. The second kappa shape index (κ2) is 8.45. The average Bonchev–Trinajstić information content (AvgIpc) is 2.94. The highest BCUT2D eigenvalue weighted by Crippen LogP contribution is 2.19. The van der Waals surface area contributed by atoms with E-state index in [1.807, 2.05) is 12.3 Å². The second-order valence-electron chi connectivity index (χ2n) is 6.36. The number of carbonyl (C=O) groups is 1. The van der Waals surface area contributed by atoms with Gasteiger partial charge >= 0.3 is 0 Å². The van der Waals surface area contributed by atoms with E-state index in [9.17, 15) is 17.6 Å². The van der Waals surface area contributed by atoms with Crippen molar-refractivity contribution in [1.29, 1.82) is 0 Å². The maximum Gasteiger partial charge on any atom is 0.243 e. The lowest BCUT2D eigenvalue weighted by Crippen LogP contribution is -2.38. The summed E-state index contributed by atoms with van der Waals surface area (Å²) >= 11 is 1.55. The predicted octanol–water partition coefficient (Wildman–Crippen LogP) is 2.31. The zero-order valence-electron chi connectivity index (χ0n) is 15.1. The summed E-state index contributed by atoms with van der Waals surface area (Å²) in [5.41, 5.74) is 0.766. The van der Waals surface area contributed by atoms with Crippen LogP contribution in [0.25, 0.3) is 0 Å². The summed E-state index contributed by atoms with van der Waals surface area (Å²) in [7, 11) is -3.69. The average molecular weight is 412 g/mol. The van der Waals surface area contributed by atoms with Crippen LogP contribution in [0.3, 0.4) is 0 Å². The van der Waals surface area contributed by atoms with Gasteiger partial charge in [-0.3, -0.25) is 4.79 Å². The number of hydrogen-bond donors (Lipinski definition) is 0. The first-order valence-corrected chi connectivity index (χ1v) is 11.2. The summed E-state index contributed by atoms with van der Waals surface area (Å²) in [5, 5.41) is 2.91. The second-order valence-corrected chi connectivity index (χ2v) is 9.24. The van der Waals surface area contributed by atoms with Gasteiger partial charge in [0.2, 0.25) is 15.9 Å². The van der Waals surface area contributed by atoms with Crippen molar-refractivity contribution in [3.63, 3.8) is 0 Å². The van der Waals surface area contributed by atoms with E-state index >= 15 is 0 Å². The smallest absolute Gasteiger partial charge is 0.243 e. The number of hydrogen-bond acceptors (Lipinski definition) is 5. The van der Waals surface area contributed by atoms with Gasteiger partial charge < -0.3 is 4.90 Å². The minimum Gasteiger partial charge on any atom is -0.341 e. The molecule has 0 spiro atoms. The van der Waals surface area contributed by atoms with E-state index in [0.29, 0.717) is 26.1 Å². The molecule has 6 nitrogen and oxygen atoms in total. The number of sulfonamides is 1. The third-order valence-electron chi connectivity index (χ3n) is 4.49. The molecular weight excluding hydrogens is 389 g/mol. The van der Waals surface area contributed by atoms with Crippen molar-refractivity contribution in [2.75, 3.05) is 26.2 Å². The molecule has 3 rings (SSSR count). The standard InChI is InChI=1S/C18H22FN3O3S2/c1-2-17-20-15(13-26-17)12-18(23)21-8-3-9-22(11-10-21)27(24,25)16-6-4-14(19)5-7-16/h4-7,13H,2-3,8-12H2,1H3. The predicted molar refractivity (Wildman–Crippen MR) is 102 cm³/mol. The first-order chi connectivity index (χ1) is 12.9. The quantitative estimate of drug-likeness (QED) is 0.757. The summed E-state index contributed by atoms with van der Waals surface area (Å²) in [6.07, 6.45) is 1.64. The van der Waals surface area contributed by atoms with Crippen LogP contribution in [-0.2, 0) is 27.7 Å². The van der Waals surface area contributed by atoms with Crippen molar-refractivity contribution in [2.24, 2.45) is 0 Å². The van der Waals surface area contributed by atoms with Crippen molar-refractivity contribution < 1.29 is 17.6 Å². The van der Waals surface area contributed by atoms with E-state index in [2.05, 4.69) is 4.98 Å². The van der Waals surface area contributed by atoms with Crippen LogP contribution in [0.1, 0.15) is 24.0 Å². The number of halogens is 1. The van der Waals surface area contributed by atoms with Crippen molar-refractivity contribution in [1.82, 2.24) is 14.2 Å². The molecule has 1 aliphatic heterocycles. The molecule has 1 aromatic heterocycles. The van der Waals surface area contributed by atoms with Gasteiger partial charge in [0.15, 0.2) is 0 Å². The molecule has 0 N–H and O–H groups in total. The molecule has 0 aliphatic carbocycles. The zero-order valence-corrected chi connectivity index (χ0v) is 16.7. The number of benzene rings is 1. The molecule has 1 fully saturated rings. The molecule has 1 aliphatic rings. The molecule has 0 atom stereocenters. The van der Waals surface area contributed by atoms with E-state index in [1.165, 1.54) is 16.4 Å². The molecule has 0 bridgehead atoms. The fourth-order valence-electron chi connectivity index (χ4n) is 3.00. The van der Waals surface area contributed by atoms with Gasteiger partial charge in [0.1, 0.15) is 5.82 Å². The Balaban J connectivity index is 1.64. The minimum absolute atomic E-state index is 0.0380. The van der Waals surface area contributed by atoms with Crippen molar-refractivity contribution >= 4 is 27.3 Å². The number of aryl methyl sites for hydroxylation is 1.